The first-order chi connectivity index (χ1) is 7.61. The fraction of sp³-hybridized carbons (Fsp3) is 0.615. The summed E-state index contributed by atoms with van der Waals surface area (Å²) >= 11 is 6.23. The first-order valence-electron chi connectivity index (χ1n) is 5.93. The minimum Gasteiger partial charge on any atom is -0.491 e. The molecule has 90 valence electrons. The zero-order valence-corrected chi connectivity index (χ0v) is 11.5. The van der Waals surface area contributed by atoms with E-state index in [1.807, 2.05) is 20.8 Å². The van der Waals surface area contributed by atoms with Crippen LogP contribution in [-0.4, -0.2) is 11.6 Å². The van der Waals surface area contributed by atoms with E-state index in [1.54, 1.807) is 0 Å². The molecule has 2 heterocycles. The fourth-order valence-corrected chi connectivity index (χ4v) is 2.19. The largest absolute Gasteiger partial charge is 0.491 e. The molecule has 0 amide bonds. The molecule has 0 radical (unpaired) electrons. The minimum atomic E-state index is 0.385. The number of aryl methyl sites for hydroxylation is 1. The zero-order chi connectivity index (χ0) is 12.3. The Labute approximate surface area is 103 Å². The third-order valence-electron chi connectivity index (χ3n) is 2.53. The number of fused-ring (bicyclic) bond motifs is 1. The molecule has 2 nitrogen and oxygen atoms in total. The van der Waals surface area contributed by atoms with Crippen molar-refractivity contribution in [2.75, 3.05) is 6.61 Å². The van der Waals surface area contributed by atoms with Crippen molar-refractivity contribution in [2.45, 2.75) is 47.0 Å². The molecule has 1 aromatic rings. The number of nitrogens with zero attached hydrogens (tertiary/aromatic N) is 1. The number of pyridine rings is 1. The summed E-state index contributed by atoms with van der Waals surface area (Å²) < 4.78 is 5.58. The Morgan fingerprint density at radius 1 is 1.31 bits per heavy atom. The van der Waals surface area contributed by atoms with Gasteiger partial charge in [0.15, 0.2) is 0 Å². The van der Waals surface area contributed by atoms with Gasteiger partial charge in [-0.1, -0.05) is 39.3 Å². The minimum absolute atomic E-state index is 0.385. The number of hydrogen-bond acceptors (Lipinski definition) is 2. The summed E-state index contributed by atoms with van der Waals surface area (Å²) in [6, 6.07) is 0. The summed E-state index contributed by atoms with van der Waals surface area (Å²) in [5, 5.41) is 0.764. The molecule has 0 aromatic carbocycles. The molecule has 16 heavy (non-hydrogen) atoms. The van der Waals surface area contributed by atoms with Gasteiger partial charge in [-0.25, -0.2) is 0 Å². The molecular weight excluding hydrogens is 222 g/mol. The Balaban J connectivity index is 0.000000606. The summed E-state index contributed by atoms with van der Waals surface area (Å²) in [7, 11) is 0. The smallest absolute Gasteiger partial charge is 0.145 e. The predicted molar refractivity (Wildman–Crippen MR) is 68.6 cm³/mol. The van der Waals surface area contributed by atoms with Crippen molar-refractivity contribution in [1.29, 1.82) is 0 Å². The second-order valence-electron chi connectivity index (χ2n) is 3.95. The summed E-state index contributed by atoms with van der Waals surface area (Å²) in [5.41, 5.74) is 3.10. The van der Waals surface area contributed by atoms with Crippen LogP contribution in [-0.2, 0) is 6.42 Å². The highest BCUT2D eigenvalue weighted by molar-refractivity contribution is 6.32. The van der Waals surface area contributed by atoms with Crippen molar-refractivity contribution in [3.05, 3.63) is 22.0 Å². The van der Waals surface area contributed by atoms with E-state index in [9.17, 15) is 0 Å². The van der Waals surface area contributed by atoms with Gasteiger partial charge in [0.25, 0.3) is 0 Å². The van der Waals surface area contributed by atoms with Gasteiger partial charge < -0.3 is 4.74 Å². The first-order valence-corrected chi connectivity index (χ1v) is 6.30. The molecule has 0 aliphatic carbocycles. The van der Waals surface area contributed by atoms with Crippen LogP contribution in [0.2, 0.25) is 5.02 Å². The van der Waals surface area contributed by atoms with Gasteiger partial charge in [-0.2, -0.15) is 0 Å². The van der Waals surface area contributed by atoms with E-state index in [-0.39, 0.29) is 0 Å². The van der Waals surface area contributed by atoms with Crippen molar-refractivity contribution in [2.24, 2.45) is 0 Å². The summed E-state index contributed by atoms with van der Waals surface area (Å²) in [5.74, 6) is 1.31. The monoisotopic (exact) mass is 241 g/mol. The molecule has 0 saturated heterocycles. The van der Waals surface area contributed by atoms with Gasteiger partial charge in [0.2, 0.25) is 0 Å². The molecular formula is C13H20ClNO. The maximum atomic E-state index is 6.23. The van der Waals surface area contributed by atoms with Crippen LogP contribution < -0.4 is 4.74 Å². The molecule has 3 heteroatoms. The van der Waals surface area contributed by atoms with Gasteiger partial charge in [0.1, 0.15) is 5.75 Å². The van der Waals surface area contributed by atoms with Crippen molar-refractivity contribution in [3.8, 4) is 5.75 Å². The van der Waals surface area contributed by atoms with Crippen LogP contribution in [0.25, 0.3) is 0 Å². The first kappa shape index (κ1) is 13.3. The van der Waals surface area contributed by atoms with Crippen molar-refractivity contribution in [1.82, 2.24) is 4.98 Å². The van der Waals surface area contributed by atoms with Crippen molar-refractivity contribution in [3.63, 3.8) is 0 Å². The molecule has 0 spiro atoms. The van der Waals surface area contributed by atoms with E-state index >= 15 is 0 Å². The lowest BCUT2D eigenvalue weighted by Gasteiger charge is -2.14. The van der Waals surface area contributed by atoms with E-state index in [1.165, 1.54) is 0 Å². The van der Waals surface area contributed by atoms with Gasteiger partial charge in [-0.15, -0.1) is 0 Å². The van der Waals surface area contributed by atoms with E-state index in [4.69, 9.17) is 16.3 Å². The SMILES string of the molecule is CC.Cc1nc2c(c(C(C)C)c1Cl)OCC2. The average molecular weight is 242 g/mol. The Kier molecular flexibility index (Phi) is 4.60. The van der Waals surface area contributed by atoms with Gasteiger partial charge in [0.05, 0.1) is 23.0 Å². The maximum absolute atomic E-state index is 6.23. The number of hydrogen-bond donors (Lipinski definition) is 0. The summed E-state index contributed by atoms with van der Waals surface area (Å²) in [6.45, 7) is 10.9. The van der Waals surface area contributed by atoms with Crippen LogP contribution in [0.3, 0.4) is 0 Å². The molecule has 0 unspecified atom stereocenters. The normalized spacial score (nSPS) is 12.9. The maximum Gasteiger partial charge on any atom is 0.145 e. The van der Waals surface area contributed by atoms with Crippen molar-refractivity contribution < 1.29 is 4.74 Å². The van der Waals surface area contributed by atoms with E-state index in [0.717, 1.165) is 40.8 Å². The molecule has 1 aliphatic rings. The van der Waals surface area contributed by atoms with E-state index in [2.05, 4.69) is 18.8 Å². The molecule has 0 bridgehead atoms. The predicted octanol–water partition coefficient (Wildman–Crippen LogP) is 4.13. The van der Waals surface area contributed by atoms with Crippen LogP contribution in [0.1, 0.15) is 50.6 Å². The number of rotatable bonds is 1. The van der Waals surface area contributed by atoms with Gasteiger partial charge >= 0.3 is 0 Å². The standard InChI is InChI=1S/C11H14ClNO.C2H6/c1-6(2)9-10(12)7(3)13-8-4-5-14-11(8)9;1-2/h6H,4-5H2,1-3H3;1-2H3. The number of halogens is 1. The molecule has 2 rings (SSSR count). The third-order valence-corrected chi connectivity index (χ3v) is 3.00. The third kappa shape index (κ3) is 2.32. The molecule has 0 atom stereocenters. The molecule has 0 fully saturated rings. The second kappa shape index (κ2) is 5.53. The van der Waals surface area contributed by atoms with Crippen molar-refractivity contribution >= 4 is 11.6 Å². The number of ether oxygens (including phenoxy) is 1. The Morgan fingerprint density at radius 3 is 2.50 bits per heavy atom. The quantitative estimate of drug-likeness (QED) is 0.738. The lowest BCUT2D eigenvalue weighted by atomic mass is 10.0. The van der Waals surface area contributed by atoms with Crippen LogP contribution in [0.5, 0.6) is 5.75 Å². The van der Waals surface area contributed by atoms with E-state index in [0.29, 0.717) is 5.92 Å². The van der Waals surface area contributed by atoms with Crippen LogP contribution >= 0.6 is 11.6 Å². The van der Waals surface area contributed by atoms with Crippen LogP contribution in [0.4, 0.5) is 0 Å². The molecule has 1 aromatic heterocycles. The summed E-state index contributed by atoms with van der Waals surface area (Å²) in [6.07, 6.45) is 0.910. The van der Waals surface area contributed by atoms with Crippen LogP contribution in [0.15, 0.2) is 0 Å². The molecule has 0 N–H and O–H groups in total. The number of aromatic nitrogens is 1. The highest BCUT2D eigenvalue weighted by Crippen LogP contribution is 2.39. The van der Waals surface area contributed by atoms with Crippen LogP contribution in [0, 0.1) is 6.92 Å². The van der Waals surface area contributed by atoms with Gasteiger partial charge in [-0.05, 0) is 12.8 Å². The summed E-state index contributed by atoms with van der Waals surface area (Å²) in [4.78, 5) is 4.44. The zero-order valence-electron chi connectivity index (χ0n) is 10.7. The lowest BCUT2D eigenvalue weighted by Crippen LogP contribution is -1.99. The fourth-order valence-electron chi connectivity index (χ4n) is 1.85. The second-order valence-corrected chi connectivity index (χ2v) is 4.33. The Hall–Kier alpha value is -0.760. The lowest BCUT2D eigenvalue weighted by molar-refractivity contribution is 0.352. The molecule has 1 aliphatic heterocycles. The highest BCUT2D eigenvalue weighted by atomic mass is 35.5. The highest BCUT2D eigenvalue weighted by Gasteiger charge is 2.23. The Bertz CT molecular complexity index is 375. The van der Waals surface area contributed by atoms with E-state index < -0.39 is 0 Å². The molecule has 0 saturated carbocycles. The Morgan fingerprint density at radius 2 is 1.94 bits per heavy atom. The van der Waals surface area contributed by atoms with Gasteiger partial charge in [-0.3, -0.25) is 4.98 Å². The van der Waals surface area contributed by atoms with Gasteiger partial charge in [0, 0.05) is 12.0 Å². The topological polar surface area (TPSA) is 22.1 Å². The average Bonchev–Trinajstić information content (AvgIpc) is 2.69.